The van der Waals surface area contributed by atoms with Crippen LogP contribution in [0, 0.1) is 17.1 Å². The average Bonchev–Trinajstić information content (AvgIpc) is 3.48. The van der Waals surface area contributed by atoms with E-state index in [1.54, 1.807) is 0 Å². The summed E-state index contributed by atoms with van der Waals surface area (Å²) in [7, 11) is 0. The summed E-state index contributed by atoms with van der Waals surface area (Å²) in [5.74, 6) is -1.43. The number of amides is 1. The van der Waals surface area contributed by atoms with Crippen LogP contribution < -0.4 is 19.9 Å². The zero-order chi connectivity index (χ0) is 25.9. The monoisotopic (exact) mass is 508 g/mol. The van der Waals surface area contributed by atoms with Crippen molar-refractivity contribution < 1.29 is 31.9 Å². The molecular weight excluding hydrogens is 493 g/mol. The maximum atomic E-state index is 14.1. The summed E-state index contributed by atoms with van der Waals surface area (Å²) in [4.78, 5) is 27.8. The van der Waals surface area contributed by atoms with Gasteiger partial charge in [0.1, 0.15) is 18.1 Å². The van der Waals surface area contributed by atoms with E-state index < -0.39 is 30.1 Å². The van der Waals surface area contributed by atoms with E-state index in [0.29, 0.717) is 24.1 Å². The van der Waals surface area contributed by atoms with Crippen LogP contribution in [0.5, 0.6) is 11.5 Å². The van der Waals surface area contributed by atoms with Crippen molar-refractivity contribution >= 4 is 22.6 Å². The smallest absolute Gasteiger partial charge is 0.462 e. The van der Waals surface area contributed by atoms with Crippen molar-refractivity contribution in [2.75, 3.05) is 11.4 Å². The van der Waals surface area contributed by atoms with Crippen LogP contribution in [0.2, 0.25) is 0 Å². The first-order valence-corrected chi connectivity index (χ1v) is 11.2. The number of benzene rings is 2. The summed E-state index contributed by atoms with van der Waals surface area (Å²) in [5, 5.41) is 13.6. The van der Waals surface area contributed by atoms with Crippen LogP contribution in [0.15, 0.2) is 51.9 Å². The van der Waals surface area contributed by atoms with Crippen LogP contribution in [-0.2, 0) is 17.8 Å². The Morgan fingerprint density at radius 2 is 2.03 bits per heavy atom. The molecule has 2 aromatic heterocycles. The van der Waals surface area contributed by atoms with Gasteiger partial charge in [0.2, 0.25) is 5.91 Å². The van der Waals surface area contributed by atoms with Crippen molar-refractivity contribution in [3.05, 3.63) is 70.0 Å². The van der Waals surface area contributed by atoms with Crippen molar-refractivity contribution in [2.45, 2.75) is 25.7 Å². The Balaban J connectivity index is 1.39. The van der Waals surface area contributed by atoms with Gasteiger partial charge in [-0.05, 0) is 49.2 Å². The van der Waals surface area contributed by atoms with Gasteiger partial charge < -0.3 is 18.8 Å². The molecule has 0 radical (unpaired) electrons. The number of carbonyl (C=O) groups excluding carboxylic acids is 1. The van der Waals surface area contributed by atoms with Crippen LogP contribution >= 0.6 is 0 Å². The van der Waals surface area contributed by atoms with Gasteiger partial charge in [0.15, 0.2) is 17.1 Å². The molecule has 0 saturated heterocycles. The zero-order valence-corrected chi connectivity index (χ0v) is 18.8. The van der Waals surface area contributed by atoms with Gasteiger partial charge in [0.05, 0.1) is 29.0 Å². The van der Waals surface area contributed by atoms with Crippen molar-refractivity contribution in [1.82, 2.24) is 9.78 Å². The van der Waals surface area contributed by atoms with Crippen LogP contribution in [-0.4, -0.2) is 28.5 Å². The number of aromatic nitrogens is 2. The van der Waals surface area contributed by atoms with Crippen LogP contribution in [0.4, 0.5) is 18.9 Å². The van der Waals surface area contributed by atoms with Gasteiger partial charge in [0.25, 0.3) is 5.56 Å². The quantitative estimate of drug-likeness (QED) is 0.412. The summed E-state index contributed by atoms with van der Waals surface area (Å²) < 4.78 is 56.9. The fourth-order valence-electron chi connectivity index (χ4n) is 4.66. The van der Waals surface area contributed by atoms with Crippen molar-refractivity contribution in [2.24, 2.45) is 0 Å². The van der Waals surface area contributed by atoms with Gasteiger partial charge in [-0.3, -0.25) is 9.59 Å². The molecule has 0 fully saturated rings. The number of hydrogen-bond acceptors (Lipinski definition) is 7. The molecule has 4 aromatic rings. The molecule has 6 rings (SSSR count). The van der Waals surface area contributed by atoms with Gasteiger partial charge >= 0.3 is 6.29 Å². The Labute approximate surface area is 205 Å². The number of hydrogen-bond donors (Lipinski definition) is 0. The highest BCUT2D eigenvalue weighted by Gasteiger charge is 2.45. The molecule has 0 N–H and O–H groups in total. The van der Waals surface area contributed by atoms with Gasteiger partial charge in [-0.15, -0.1) is 8.78 Å². The van der Waals surface area contributed by atoms with Gasteiger partial charge in [0, 0.05) is 17.7 Å². The van der Waals surface area contributed by atoms with Crippen molar-refractivity contribution in [1.29, 1.82) is 5.26 Å². The third-order valence-electron chi connectivity index (χ3n) is 6.20. The highest BCUT2D eigenvalue weighted by Crippen LogP contribution is 2.48. The molecule has 1 amide bonds. The van der Waals surface area contributed by atoms with E-state index in [1.807, 2.05) is 6.07 Å². The maximum absolute atomic E-state index is 14.1. The Morgan fingerprint density at radius 1 is 1.19 bits per heavy atom. The number of nitrogens with zero attached hydrogens (tertiary/aromatic N) is 4. The largest absolute Gasteiger partial charge is 0.586 e. The van der Waals surface area contributed by atoms with E-state index in [1.165, 1.54) is 35.4 Å². The Hall–Kier alpha value is -4.79. The van der Waals surface area contributed by atoms with Gasteiger partial charge in [-0.1, -0.05) is 0 Å². The molecule has 9 nitrogen and oxygen atoms in total. The number of carbonyl (C=O) groups is 1. The molecule has 2 aliphatic rings. The number of halogens is 3. The van der Waals surface area contributed by atoms with Crippen LogP contribution in [0.25, 0.3) is 22.2 Å². The minimum Gasteiger partial charge on any atom is -0.462 e. The summed E-state index contributed by atoms with van der Waals surface area (Å²) >= 11 is 0. The Morgan fingerprint density at radius 3 is 2.84 bits per heavy atom. The predicted octanol–water partition coefficient (Wildman–Crippen LogP) is 3.97. The molecule has 0 atom stereocenters. The molecule has 37 heavy (non-hydrogen) atoms. The number of nitriles is 1. The first kappa shape index (κ1) is 22.7. The lowest BCUT2D eigenvalue weighted by molar-refractivity contribution is -0.286. The second kappa shape index (κ2) is 8.12. The topological polar surface area (TPSA) is 111 Å². The summed E-state index contributed by atoms with van der Waals surface area (Å²) in [6.45, 7) is -0.204. The summed E-state index contributed by atoms with van der Waals surface area (Å²) in [5.41, 5.74) is 0.560. The molecule has 0 bridgehead atoms. The van der Waals surface area contributed by atoms with E-state index in [9.17, 15) is 28.0 Å². The average molecular weight is 508 g/mol. The third kappa shape index (κ3) is 3.76. The summed E-state index contributed by atoms with van der Waals surface area (Å²) in [6, 6.07) is 9.65. The molecular formula is C25H15F3N4O5. The zero-order valence-electron chi connectivity index (χ0n) is 18.8. The van der Waals surface area contributed by atoms with E-state index >= 15 is 0 Å². The van der Waals surface area contributed by atoms with E-state index in [4.69, 9.17) is 4.42 Å². The maximum Gasteiger partial charge on any atom is 0.586 e. The number of fused-ring (bicyclic) bond motifs is 4. The molecule has 12 heteroatoms. The number of ether oxygens (including phenoxy) is 2. The molecule has 0 spiro atoms. The van der Waals surface area contributed by atoms with E-state index in [2.05, 4.69) is 14.6 Å². The molecule has 186 valence electrons. The molecule has 2 aromatic carbocycles. The van der Waals surface area contributed by atoms with Gasteiger partial charge in [-0.2, -0.15) is 10.4 Å². The molecule has 0 aliphatic carbocycles. The van der Waals surface area contributed by atoms with Crippen LogP contribution in [0.1, 0.15) is 17.5 Å². The fourth-order valence-corrected chi connectivity index (χ4v) is 4.66. The standard InChI is InChI=1S/C25H15F3N4O5/c26-15-9-13(11-29)8-14(10-15)21-23-17(5-7-35-23)24(34)32(30-21)12-20(33)31-6-1-2-16-18(31)3-4-19-22(16)37-25(27,28)36-19/h3-5,7-10H,1-2,6,12H2. The van der Waals surface area contributed by atoms with Gasteiger partial charge in [-0.25, -0.2) is 9.07 Å². The summed E-state index contributed by atoms with van der Waals surface area (Å²) in [6.07, 6.45) is -1.66. The van der Waals surface area contributed by atoms with E-state index in [-0.39, 0.29) is 45.8 Å². The fraction of sp³-hybridized carbons (Fsp3) is 0.200. The number of furan rings is 1. The number of alkyl halides is 2. The Bertz CT molecular complexity index is 1710. The second-order valence-corrected chi connectivity index (χ2v) is 8.52. The second-order valence-electron chi connectivity index (χ2n) is 8.52. The van der Waals surface area contributed by atoms with Crippen molar-refractivity contribution in [3.63, 3.8) is 0 Å². The molecule has 0 unspecified atom stereocenters. The number of rotatable bonds is 3. The SMILES string of the molecule is N#Cc1cc(F)cc(-c2nn(CC(=O)N3CCCc4c3ccc3c4OC(F)(F)O3)c(=O)c3ccoc23)c1. The molecule has 4 heterocycles. The predicted molar refractivity (Wildman–Crippen MR) is 122 cm³/mol. The Kier molecular flexibility index (Phi) is 4.98. The van der Waals surface area contributed by atoms with Crippen LogP contribution in [0.3, 0.4) is 0 Å². The number of anilines is 1. The highest BCUT2D eigenvalue weighted by molar-refractivity contribution is 5.96. The first-order chi connectivity index (χ1) is 17.7. The third-order valence-corrected chi connectivity index (χ3v) is 6.20. The normalized spacial score (nSPS) is 15.5. The lowest BCUT2D eigenvalue weighted by atomic mass is 10.00. The molecule has 2 aliphatic heterocycles. The lowest BCUT2D eigenvalue weighted by Crippen LogP contribution is -2.40. The van der Waals surface area contributed by atoms with E-state index in [0.717, 1.165) is 16.8 Å². The molecule has 0 saturated carbocycles. The first-order valence-electron chi connectivity index (χ1n) is 11.2. The lowest BCUT2D eigenvalue weighted by Gasteiger charge is -2.30. The van der Waals surface area contributed by atoms with Crippen molar-refractivity contribution in [3.8, 4) is 28.8 Å². The minimum atomic E-state index is -3.79. The highest BCUT2D eigenvalue weighted by atomic mass is 19.3. The minimum absolute atomic E-state index is 0.0413.